The molecule has 0 aliphatic heterocycles. The molecule has 0 spiro atoms. The van der Waals surface area contributed by atoms with Crippen LogP contribution < -0.4 is 0 Å². The summed E-state index contributed by atoms with van der Waals surface area (Å²) in [5.74, 6) is 0. The van der Waals surface area contributed by atoms with Crippen molar-refractivity contribution in [3.63, 3.8) is 0 Å². The van der Waals surface area contributed by atoms with E-state index in [1.165, 1.54) is 33.4 Å². The maximum absolute atomic E-state index is 9.96. The van der Waals surface area contributed by atoms with Gasteiger partial charge in [0.15, 0.2) is 0 Å². The third-order valence-corrected chi connectivity index (χ3v) is 8.90. The fourth-order valence-electron chi connectivity index (χ4n) is 6.73. The number of rotatable bonds is 4. The van der Waals surface area contributed by atoms with Crippen LogP contribution >= 0.6 is 0 Å². The zero-order chi connectivity index (χ0) is 52.6. The van der Waals surface area contributed by atoms with Crippen molar-refractivity contribution in [3.05, 3.63) is 188 Å². The number of para-hydroxylation sites is 5. The number of hydrogen-bond acceptors (Lipinski definition) is 0. The van der Waals surface area contributed by atoms with Crippen molar-refractivity contribution in [2.75, 3.05) is 0 Å². The molecule has 0 unspecified atom stereocenters. The van der Waals surface area contributed by atoms with Crippen molar-refractivity contribution in [2.45, 2.75) is 0 Å². The summed E-state index contributed by atoms with van der Waals surface area (Å²) in [6.07, 6.45) is 0. The normalized spacial score (nSPS) is 18.0. The van der Waals surface area contributed by atoms with Gasteiger partial charge < -0.3 is 13.7 Å². The minimum Gasteiger partial charge on any atom is -0.309 e. The van der Waals surface area contributed by atoms with E-state index in [4.69, 9.17) is 15.1 Å². The van der Waals surface area contributed by atoms with E-state index in [0.29, 0.717) is 0 Å². The van der Waals surface area contributed by atoms with Gasteiger partial charge in [0, 0.05) is 49.4 Å². The number of benzene rings is 8. The number of hydrogen-bond donors (Lipinski definition) is 0. The first kappa shape index (κ1) is 14.2. The minimum atomic E-state index is -0.891. The van der Waals surface area contributed by atoms with E-state index in [1.807, 2.05) is 0 Å². The van der Waals surface area contributed by atoms with Crippen LogP contribution in [0.25, 0.3) is 93.6 Å². The highest BCUT2D eigenvalue weighted by Gasteiger charge is 2.18. The molecule has 3 nitrogen and oxygen atoms in total. The Morgan fingerprint density at radius 1 is 0.294 bits per heavy atom. The highest BCUT2D eigenvalue weighted by molar-refractivity contribution is 6.14. The van der Waals surface area contributed by atoms with E-state index >= 15 is 0 Å². The van der Waals surface area contributed by atoms with Gasteiger partial charge >= 0.3 is 0 Å². The van der Waals surface area contributed by atoms with Crippen molar-refractivity contribution in [2.24, 2.45) is 0 Å². The highest BCUT2D eigenvalue weighted by atomic mass is 15.0. The molecule has 3 aromatic heterocycles. The Labute approximate surface area is 325 Å². The Morgan fingerprint density at radius 3 is 1.33 bits per heavy atom. The lowest BCUT2D eigenvalue weighted by Crippen LogP contribution is -1.96. The first-order valence-electron chi connectivity index (χ1n) is 26.7. The van der Waals surface area contributed by atoms with Crippen LogP contribution in [0.4, 0.5) is 0 Å². The Morgan fingerprint density at radius 2 is 0.745 bits per heavy atom. The average molecular weight is 672 g/mol. The largest absolute Gasteiger partial charge is 0.309 e. The third kappa shape index (κ3) is 4.12. The smallest absolute Gasteiger partial charge is 0.0667 e. The molecule has 0 fully saturated rings. The molecule has 0 N–H and O–H groups in total. The minimum absolute atomic E-state index is 0.0122. The Hall–Kier alpha value is -6.84. The molecule has 0 saturated heterocycles. The molecule has 3 heterocycles. The second kappa shape index (κ2) is 10.8. The maximum Gasteiger partial charge on any atom is 0.0667 e. The van der Waals surface area contributed by atoms with Crippen molar-refractivity contribution in [1.82, 2.24) is 13.7 Å². The topological polar surface area (TPSA) is 14.8 Å². The summed E-state index contributed by atoms with van der Waals surface area (Å²) in [6, 6.07) is -1.06. The molecular weight excluding hydrogens is 619 g/mol. The quantitative estimate of drug-likeness (QED) is 0.177. The molecule has 0 atom stereocenters. The molecule has 3 heteroatoms. The van der Waals surface area contributed by atoms with Crippen LogP contribution in [0.1, 0.15) is 30.2 Å². The summed E-state index contributed by atoms with van der Waals surface area (Å²) in [6.45, 7) is 0. The van der Waals surface area contributed by atoms with E-state index < -0.39 is 166 Å². The van der Waals surface area contributed by atoms with Crippen LogP contribution in [0, 0.1) is 0 Å². The molecule has 0 aliphatic rings. The van der Waals surface area contributed by atoms with Crippen LogP contribution in [-0.4, -0.2) is 13.7 Å². The molecule has 11 aromatic rings. The molecule has 51 heavy (non-hydrogen) atoms. The average Bonchev–Trinajstić information content (AvgIpc) is 4.05. The van der Waals surface area contributed by atoms with Crippen LogP contribution in [0.3, 0.4) is 0 Å². The first-order valence-corrected chi connectivity index (χ1v) is 15.7. The van der Waals surface area contributed by atoms with Crippen molar-refractivity contribution in [1.29, 1.82) is 0 Å². The molecule has 0 aliphatic carbocycles. The lowest BCUT2D eigenvalue weighted by atomic mass is 10.0. The molecule has 238 valence electrons. The number of fused-ring (bicyclic) bond motifs is 9. The van der Waals surface area contributed by atoms with Gasteiger partial charge in [-0.3, -0.25) is 0 Å². The fraction of sp³-hybridized carbons (Fsp3) is 0. The first-order chi connectivity index (χ1) is 34.5. The lowest BCUT2D eigenvalue weighted by Gasteiger charge is -2.11. The van der Waals surface area contributed by atoms with Crippen LogP contribution in [0.15, 0.2) is 188 Å². The molecule has 0 saturated carbocycles. The SMILES string of the molecule is [2H]c1cccc(-n2c3c([2H])c([2H])c([2H])c([2H])c3c3c([2H])c(-c4c([2H])c([2H])c5c(c4[2H])c4c([2H])c([2H])c([2H])c([2H])c4n5-c4c([2H])c([2H])c5c6c([2H])c([2H])c([2H])c([2H])c6n(-c6ccccc6)c5c4[2H])c([2H])c([2H])c32)c1. The van der Waals surface area contributed by atoms with Crippen molar-refractivity contribution >= 4 is 65.4 Å². The second-order valence-electron chi connectivity index (χ2n) is 11.7. The van der Waals surface area contributed by atoms with Crippen LogP contribution in [0.5, 0.6) is 0 Å². The van der Waals surface area contributed by atoms with Gasteiger partial charge in [-0.25, -0.2) is 0 Å². The van der Waals surface area contributed by atoms with Crippen molar-refractivity contribution < 1.29 is 30.2 Å². The Balaban J connectivity index is 1.34. The zero-order valence-corrected chi connectivity index (χ0v) is 26.0. The highest BCUT2D eigenvalue weighted by Crippen LogP contribution is 2.40. The van der Waals surface area contributed by atoms with Gasteiger partial charge in [-0.05, 0) is 89.8 Å². The summed E-state index contributed by atoms with van der Waals surface area (Å²) in [5.41, 5.74) is -3.27. The molecule has 8 aromatic carbocycles. The molecular formula is C48H31N3. The molecule has 11 rings (SSSR count). The summed E-state index contributed by atoms with van der Waals surface area (Å²) >= 11 is 0. The van der Waals surface area contributed by atoms with Crippen molar-refractivity contribution in [3.8, 4) is 28.2 Å². The second-order valence-corrected chi connectivity index (χ2v) is 11.7. The summed E-state index contributed by atoms with van der Waals surface area (Å²) in [7, 11) is 0. The van der Waals surface area contributed by atoms with Gasteiger partial charge in [-0.15, -0.1) is 0 Å². The zero-order valence-electron chi connectivity index (χ0n) is 48.0. The van der Waals surface area contributed by atoms with Crippen LogP contribution in [-0.2, 0) is 0 Å². The monoisotopic (exact) mass is 671 g/mol. The predicted octanol–water partition coefficient (Wildman–Crippen LogP) is 12.6. The van der Waals surface area contributed by atoms with E-state index in [2.05, 4.69) is 0 Å². The Bertz CT molecular complexity index is 4400. The molecule has 0 bridgehead atoms. The molecule has 0 radical (unpaired) electrons. The standard InChI is InChI=1S/C48H31N3/c1-3-13-34(14-4-1)49-44-21-11-8-18-38(44)41-29-32(23-27-46(41)49)33-24-28-47-42(30-33)39-19-9-12-22-45(39)51(47)36-25-26-40-37-17-7-10-20-43(37)50(48(40)31-36)35-15-5-2-6-16-35/h1-31H/i3D,7D,8D,9D,10D,11D,12D,17D,18D,19D,20D,21D,22D,23D,24D,25D,26D,27D,28D,29D,30D,31D. The van der Waals surface area contributed by atoms with Gasteiger partial charge in [0.1, 0.15) is 0 Å². The van der Waals surface area contributed by atoms with Gasteiger partial charge in [0.05, 0.1) is 63.3 Å². The van der Waals surface area contributed by atoms with Gasteiger partial charge in [0.25, 0.3) is 0 Å². The van der Waals surface area contributed by atoms with Gasteiger partial charge in [-0.2, -0.15) is 0 Å². The Kier molecular flexibility index (Phi) is 3.01. The van der Waals surface area contributed by atoms with Gasteiger partial charge in [0.2, 0.25) is 0 Å². The van der Waals surface area contributed by atoms with Crippen LogP contribution in [0.2, 0.25) is 0 Å². The van der Waals surface area contributed by atoms with E-state index in [1.54, 1.807) is 30.3 Å². The van der Waals surface area contributed by atoms with Gasteiger partial charge in [-0.1, -0.05) is 109 Å². The van der Waals surface area contributed by atoms with E-state index in [-0.39, 0.29) is 61.0 Å². The fourth-order valence-corrected chi connectivity index (χ4v) is 6.73. The lowest BCUT2D eigenvalue weighted by molar-refractivity contribution is 1.15. The number of aromatic nitrogens is 3. The maximum atomic E-state index is 9.96. The number of nitrogens with zero attached hydrogens (tertiary/aromatic N) is 3. The van der Waals surface area contributed by atoms with E-state index in [0.717, 1.165) is 4.57 Å². The van der Waals surface area contributed by atoms with E-state index in [9.17, 15) is 15.1 Å². The summed E-state index contributed by atoms with van der Waals surface area (Å²) < 4.78 is 205. The third-order valence-electron chi connectivity index (χ3n) is 8.90. The predicted molar refractivity (Wildman–Crippen MR) is 215 cm³/mol. The summed E-state index contributed by atoms with van der Waals surface area (Å²) in [4.78, 5) is 0. The molecule has 0 amide bonds. The summed E-state index contributed by atoms with van der Waals surface area (Å²) in [5, 5.41) is -1.91.